The number of anilines is 1. The zero-order chi connectivity index (χ0) is 21.1. The predicted octanol–water partition coefficient (Wildman–Crippen LogP) is 0.781. The second kappa shape index (κ2) is 8.20. The van der Waals surface area contributed by atoms with E-state index >= 15 is 0 Å². The monoisotopic (exact) mass is 406 g/mol. The molecule has 0 aliphatic carbocycles. The zero-order valence-electron chi connectivity index (χ0n) is 15.3. The number of hydrogen-bond acceptors (Lipinski definition) is 8. The van der Waals surface area contributed by atoms with Crippen LogP contribution in [0.1, 0.15) is 20.7 Å². The highest BCUT2D eigenvalue weighted by molar-refractivity contribution is 6.08. The number of benzene rings is 1. The molecule has 1 aliphatic rings. The number of nitrogens with two attached hydrogens (primary N) is 1. The molecule has 0 atom stereocenters. The van der Waals surface area contributed by atoms with Gasteiger partial charge in [0, 0.05) is 11.1 Å². The van der Waals surface area contributed by atoms with E-state index in [0.29, 0.717) is 13.2 Å². The molecule has 0 spiro atoms. The molecule has 5 N–H and O–H groups in total. The highest BCUT2D eigenvalue weighted by Crippen LogP contribution is 2.41. The van der Waals surface area contributed by atoms with Crippen LogP contribution in [0.25, 0.3) is 11.1 Å². The molecule has 1 aliphatic heterocycles. The highest BCUT2D eigenvalue weighted by Gasteiger charge is 2.30. The predicted molar refractivity (Wildman–Crippen MR) is 98.6 cm³/mol. The van der Waals surface area contributed by atoms with Crippen LogP contribution in [-0.2, 0) is 9.47 Å². The number of H-pyrrole nitrogens is 1. The van der Waals surface area contributed by atoms with Crippen molar-refractivity contribution in [3.05, 3.63) is 39.7 Å². The Labute approximate surface area is 163 Å². The standard InChI is InChI=1S/C18H18N2O9/c1-26-9-4-2-3-8(14(9)29-7-10-27-5-6-28-10)11-12(17(22)23)15(19)20-16(21)13(11)18(24)25/h2-4,10H,5-7H2,1H3,(H,22,23)(H,24,25)(H3,19,20,21). The van der Waals surface area contributed by atoms with Crippen molar-refractivity contribution in [3.8, 4) is 22.6 Å². The number of nitrogens with one attached hydrogen (secondary N) is 1. The third-order valence-electron chi connectivity index (χ3n) is 4.20. The maximum atomic E-state index is 12.3. The second-order valence-electron chi connectivity index (χ2n) is 5.92. The lowest BCUT2D eigenvalue weighted by Gasteiger charge is -2.19. The van der Waals surface area contributed by atoms with Gasteiger partial charge in [0.2, 0.25) is 0 Å². The number of carboxylic acids is 2. The number of carbonyl (C=O) groups is 2. The van der Waals surface area contributed by atoms with Crippen LogP contribution < -0.4 is 20.8 Å². The first kappa shape index (κ1) is 20.2. The molecule has 29 heavy (non-hydrogen) atoms. The van der Waals surface area contributed by atoms with Gasteiger partial charge in [-0.1, -0.05) is 12.1 Å². The number of hydrogen-bond donors (Lipinski definition) is 4. The van der Waals surface area contributed by atoms with Gasteiger partial charge in [-0.2, -0.15) is 0 Å². The average molecular weight is 406 g/mol. The molecular weight excluding hydrogens is 388 g/mol. The maximum absolute atomic E-state index is 12.3. The van der Waals surface area contributed by atoms with Gasteiger partial charge < -0.3 is 39.9 Å². The van der Waals surface area contributed by atoms with Crippen molar-refractivity contribution in [2.24, 2.45) is 0 Å². The van der Waals surface area contributed by atoms with Gasteiger partial charge in [-0.15, -0.1) is 0 Å². The highest BCUT2D eigenvalue weighted by atomic mass is 16.7. The Morgan fingerprint density at radius 1 is 1.21 bits per heavy atom. The summed E-state index contributed by atoms with van der Waals surface area (Å²) in [5.74, 6) is -3.43. The van der Waals surface area contributed by atoms with Crippen molar-refractivity contribution >= 4 is 17.8 Å². The fourth-order valence-electron chi connectivity index (χ4n) is 2.99. The van der Waals surface area contributed by atoms with E-state index < -0.39 is 46.3 Å². The van der Waals surface area contributed by atoms with Crippen LogP contribution >= 0.6 is 0 Å². The molecule has 1 aromatic heterocycles. The zero-order valence-corrected chi connectivity index (χ0v) is 15.3. The molecule has 2 heterocycles. The molecule has 11 heteroatoms. The van der Waals surface area contributed by atoms with Gasteiger partial charge in [0.05, 0.1) is 20.3 Å². The minimum Gasteiger partial charge on any atom is -0.493 e. The SMILES string of the molecule is COc1cccc(-c2c(C(=O)O)c(N)[nH]c(=O)c2C(=O)O)c1OCC1OCCO1. The number of nitrogen functional groups attached to an aromatic ring is 1. The number of ether oxygens (including phenoxy) is 4. The van der Waals surface area contributed by atoms with Crippen LogP contribution in [0.3, 0.4) is 0 Å². The van der Waals surface area contributed by atoms with Gasteiger partial charge in [-0.05, 0) is 6.07 Å². The molecule has 1 aromatic carbocycles. The van der Waals surface area contributed by atoms with Crippen molar-refractivity contribution in [2.75, 3.05) is 32.7 Å². The van der Waals surface area contributed by atoms with Crippen LogP contribution in [-0.4, -0.2) is 60.4 Å². The fraction of sp³-hybridized carbons (Fsp3) is 0.278. The largest absolute Gasteiger partial charge is 0.493 e. The Morgan fingerprint density at radius 3 is 2.45 bits per heavy atom. The summed E-state index contributed by atoms with van der Waals surface area (Å²) in [4.78, 5) is 37.9. The van der Waals surface area contributed by atoms with Gasteiger partial charge in [0.15, 0.2) is 17.8 Å². The third kappa shape index (κ3) is 3.86. The van der Waals surface area contributed by atoms with E-state index in [4.69, 9.17) is 24.7 Å². The van der Waals surface area contributed by atoms with Crippen LogP contribution in [0.5, 0.6) is 11.5 Å². The molecular formula is C18H18N2O9. The number of para-hydroxylation sites is 1. The molecule has 3 rings (SSSR count). The Balaban J connectivity index is 2.26. The van der Waals surface area contributed by atoms with Crippen molar-refractivity contribution in [1.29, 1.82) is 0 Å². The van der Waals surface area contributed by atoms with E-state index in [2.05, 4.69) is 4.98 Å². The first-order chi connectivity index (χ1) is 13.8. The first-order valence-corrected chi connectivity index (χ1v) is 8.40. The lowest BCUT2D eigenvalue weighted by atomic mass is 9.94. The summed E-state index contributed by atoms with van der Waals surface area (Å²) in [7, 11) is 1.36. The van der Waals surface area contributed by atoms with Crippen LogP contribution in [0.2, 0.25) is 0 Å². The van der Waals surface area contributed by atoms with Crippen molar-refractivity contribution < 1.29 is 38.7 Å². The lowest BCUT2D eigenvalue weighted by molar-refractivity contribution is -0.0686. The minimum absolute atomic E-state index is 0.00921. The summed E-state index contributed by atoms with van der Waals surface area (Å²) >= 11 is 0. The Hall–Kier alpha value is -3.57. The molecule has 11 nitrogen and oxygen atoms in total. The molecule has 2 aromatic rings. The molecule has 0 unspecified atom stereocenters. The third-order valence-corrected chi connectivity index (χ3v) is 4.20. The lowest BCUT2D eigenvalue weighted by Crippen LogP contribution is -2.24. The van der Waals surface area contributed by atoms with E-state index in [9.17, 15) is 24.6 Å². The van der Waals surface area contributed by atoms with Crippen molar-refractivity contribution in [3.63, 3.8) is 0 Å². The average Bonchev–Trinajstić information content (AvgIpc) is 3.18. The summed E-state index contributed by atoms with van der Waals surface area (Å²) in [5, 5.41) is 19.2. The number of carboxylic acid groups (broad SMARTS) is 2. The van der Waals surface area contributed by atoms with Crippen LogP contribution in [0, 0.1) is 0 Å². The number of rotatable bonds is 7. The summed E-state index contributed by atoms with van der Waals surface area (Å²) in [6, 6.07) is 4.44. The Kier molecular flexibility index (Phi) is 5.71. The molecule has 1 fully saturated rings. The molecule has 0 saturated carbocycles. The Morgan fingerprint density at radius 2 is 1.86 bits per heavy atom. The van der Waals surface area contributed by atoms with Gasteiger partial charge in [-0.3, -0.25) is 4.79 Å². The maximum Gasteiger partial charge on any atom is 0.342 e. The number of methoxy groups -OCH3 is 1. The van der Waals surface area contributed by atoms with Crippen molar-refractivity contribution in [2.45, 2.75) is 6.29 Å². The van der Waals surface area contributed by atoms with Gasteiger partial charge in [0.1, 0.15) is 23.6 Å². The second-order valence-corrected chi connectivity index (χ2v) is 5.92. The number of aromatic carboxylic acids is 2. The van der Waals surface area contributed by atoms with E-state index in [1.165, 1.54) is 25.3 Å². The smallest absolute Gasteiger partial charge is 0.342 e. The molecule has 0 bridgehead atoms. The molecule has 154 valence electrons. The summed E-state index contributed by atoms with van der Waals surface area (Å²) in [6.07, 6.45) is -0.658. The topological polar surface area (TPSA) is 170 Å². The summed E-state index contributed by atoms with van der Waals surface area (Å²) < 4.78 is 21.6. The Bertz CT molecular complexity index is 1010. The quantitative estimate of drug-likeness (QED) is 0.515. The number of pyridine rings is 1. The van der Waals surface area contributed by atoms with E-state index in [-0.39, 0.29) is 23.7 Å². The van der Waals surface area contributed by atoms with Gasteiger partial charge >= 0.3 is 11.9 Å². The first-order valence-electron chi connectivity index (χ1n) is 8.40. The van der Waals surface area contributed by atoms with Gasteiger partial charge in [0.25, 0.3) is 5.56 Å². The van der Waals surface area contributed by atoms with E-state index in [1.54, 1.807) is 0 Å². The summed E-state index contributed by atoms with van der Waals surface area (Å²) in [6.45, 7) is 0.713. The molecule has 1 saturated heterocycles. The summed E-state index contributed by atoms with van der Waals surface area (Å²) in [5.41, 5.74) is 2.88. The molecule has 0 amide bonds. The minimum atomic E-state index is -1.63. The van der Waals surface area contributed by atoms with E-state index in [0.717, 1.165) is 0 Å². The number of aromatic amines is 1. The van der Waals surface area contributed by atoms with Crippen LogP contribution in [0.15, 0.2) is 23.0 Å². The normalized spacial score (nSPS) is 14.0. The fourth-order valence-corrected chi connectivity index (χ4v) is 2.99. The molecule has 0 radical (unpaired) electrons. The van der Waals surface area contributed by atoms with Crippen molar-refractivity contribution in [1.82, 2.24) is 4.98 Å². The van der Waals surface area contributed by atoms with Gasteiger partial charge in [-0.25, -0.2) is 9.59 Å². The van der Waals surface area contributed by atoms with Crippen LogP contribution in [0.4, 0.5) is 5.82 Å². The number of aromatic nitrogens is 1. The van der Waals surface area contributed by atoms with E-state index in [1.807, 2.05) is 0 Å².